The van der Waals surface area contributed by atoms with Gasteiger partial charge in [-0.25, -0.2) is 4.99 Å². The highest BCUT2D eigenvalue weighted by atomic mass is 35.5. The molecule has 0 aromatic heterocycles. The number of rotatable bonds is 7. The molecule has 0 heterocycles. The third kappa shape index (κ3) is 5.72. The van der Waals surface area contributed by atoms with Gasteiger partial charge in [-0.05, 0) is 63.1 Å². The van der Waals surface area contributed by atoms with Crippen molar-refractivity contribution >= 4 is 40.9 Å². The third-order valence-electron chi connectivity index (χ3n) is 4.30. The minimum absolute atomic E-state index is 0.222. The lowest BCUT2D eigenvalue weighted by atomic mass is 10.0. The number of benzene rings is 2. The molecule has 0 saturated carbocycles. The van der Waals surface area contributed by atoms with Gasteiger partial charge in [0.25, 0.3) is 0 Å². The van der Waals surface area contributed by atoms with Gasteiger partial charge in [0.05, 0.1) is 17.7 Å². The summed E-state index contributed by atoms with van der Waals surface area (Å²) in [6.45, 7) is 9.23. The Morgan fingerprint density at radius 2 is 1.81 bits per heavy atom. The largest absolute Gasteiger partial charge is 0.391 e. The first kappa shape index (κ1) is 21.3. The maximum absolute atomic E-state index is 6.16. The van der Waals surface area contributed by atoms with Crippen molar-refractivity contribution in [2.45, 2.75) is 34.3 Å². The Labute approximate surface area is 171 Å². The first-order chi connectivity index (χ1) is 12.8. The van der Waals surface area contributed by atoms with Crippen LogP contribution in [0.15, 0.2) is 40.5 Å². The monoisotopic (exact) mass is 405 g/mol. The summed E-state index contributed by atoms with van der Waals surface area (Å²) in [5.41, 5.74) is 5.68. The van der Waals surface area contributed by atoms with Crippen molar-refractivity contribution in [2.24, 2.45) is 10.1 Å². The molecule has 2 rings (SSSR count). The molecule has 2 aromatic rings. The maximum atomic E-state index is 6.16. The summed E-state index contributed by atoms with van der Waals surface area (Å²) >= 11 is 12.3. The van der Waals surface area contributed by atoms with Crippen LogP contribution in [0.4, 0.5) is 5.69 Å². The number of oxime groups is 1. The van der Waals surface area contributed by atoms with Gasteiger partial charge in [0, 0.05) is 34.8 Å². The first-order valence-electron chi connectivity index (χ1n) is 8.79. The van der Waals surface area contributed by atoms with E-state index in [1.807, 2.05) is 39.1 Å². The zero-order valence-electron chi connectivity index (χ0n) is 16.4. The van der Waals surface area contributed by atoms with Gasteiger partial charge >= 0.3 is 0 Å². The molecule has 6 heteroatoms. The Morgan fingerprint density at radius 1 is 1.15 bits per heavy atom. The Morgan fingerprint density at radius 3 is 2.44 bits per heavy atom. The highest BCUT2D eigenvalue weighted by Crippen LogP contribution is 2.26. The van der Waals surface area contributed by atoms with Crippen LogP contribution in [0.5, 0.6) is 0 Å². The number of aryl methyl sites for hydroxylation is 2. The van der Waals surface area contributed by atoms with E-state index in [2.05, 4.69) is 29.2 Å². The Bertz CT molecular complexity index is 842. The van der Waals surface area contributed by atoms with Gasteiger partial charge in [-0.3, -0.25) is 0 Å². The SMILES string of the molecule is CCN(C)C=Nc1cc(C)c(/C(C)=N/OCc2c(Cl)cccc2Cl)cc1C. The Balaban J connectivity index is 2.16. The topological polar surface area (TPSA) is 37.2 Å². The lowest BCUT2D eigenvalue weighted by Crippen LogP contribution is -2.14. The molecule has 0 bridgehead atoms. The lowest BCUT2D eigenvalue weighted by molar-refractivity contribution is 0.130. The van der Waals surface area contributed by atoms with Crippen LogP contribution in [0, 0.1) is 13.8 Å². The fourth-order valence-corrected chi connectivity index (χ4v) is 2.99. The second-order valence-electron chi connectivity index (χ2n) is 6.42. The molecule has 0 spiro atoms. The molecular weight excluding hydrogens is 381 g/mol. The van der Waals surface area contributed by atoms with Gasteiger partial charge < -0.3 is 9.74 Å². The molecule has 0 aliphatic heterocycles. The van der Waals surface area contributed by atoms with Gasteiger partial charge in [-0.2, -0.15) is 0 Å². The normalized spacial score (nSPS) is 11.9. The van der Waals surface area contributed by atoms with Crippen molar-refractivity contribution in [3.8, 4) is 0 Å². The molecule has 0 aliphatic rings. The summed E-state index contributed by atoms with van der Waals surface area (Å²) in [5.74, 6) is 0. The van der Waals surface area contributed by atoms with E-state index < -0.39 is 0 Å². The third-order valence-corrected chi connectivity index (χ3v) is 5.01. The molecule has 0 N–H and O–H groups in total. The summed E-state index contributed by atoms with van der Waals surface area (Å²) in [4.78, 5) is 12.1. The minimum atomic E-state index is 0.222. The van der Waals surface area contributed by atoms with E-state index in [0.29, 0.717) is 10.0 Å². The quantitative estimate of drug-likeness (QED) is 0.314. The minimum Gasteiger partial charge on any atom is -0.391 e. The molecule has 0 fully saturated rings. The van der Waals surface area contributed by atoms with Crippen molar-refractivity contribution in [1.29, 1.82) is 0 Å². The van der Waals surface area contributed by atoms with Gasteiger partial charge in [-0.15, -0.1) is 0 Å². The fourth-order valence-electron chi connectivity index (χ4n) is 2.49. The van der Waals surface area contributed by atoms with E-state index in [1.165, 1.54) is 0 Å². The molecule has 0 amide bonds. The lowest BCUT2D eigenvalue weighted by Gasteiger charge is -2.12. The van der Waals surface area contributed by atoms with Crippen LogP contribution in [0.2, 0.25) is 10.0 Å². The van der Waals surface area contributed by atoms with Crippen molar-refractivity contribution in [2.75, 3.05) is 13.6 Å². The van der Waals surface area contributed by atoms with Crippen LogP contribution in [0.3, 0.4) is 0 Å². The average Bonchev–Trinajstić information content (AvgIpc) is 2.63. The molecule has 0 atom stereocenters. The van der Waals surface area contributed by atoms with E-state index in [4.69, 9.17) is 28.0 Å². The van der Waals surface area contributed by atoms with E-state index in [9.17, 15) is 0 Å². The summed E-state index contributed by atoms with van der Waals surface area (Å²) < 4.78 is 0. The molecule has 0 unspecified atom stereocenters. The van der Waals surface area contributed by atoms with Crippen molar-refractivity contribution in [1.82, 2.24) is 4.90 Å². The standard InChI is InChI=1S/C21H25Cl2N3O/c1-6-26(5)13-24-21-11-14(2)17(10-15(21)3)16(4)25-27-12-18-19(22)8-7-9-20(18)23/h7-11,13H,6,12H2,1-5H3/b24-13?,25-16+. The van der Waals surface area contributed by atoms with Crippen LogP contribution in [-0.4, -0.2) is 30.5 Å². The highest BCUT2D eigenvalue weighted by molar-refractivity contribution is 6.35. The predicted octanol–water partition coefficient (Wildman–Crippen LogP) is 6.16. The van der Waals surface area contributed by atoms with Crippen LogP contribution in [0.1, 0.15) is 36.1 Å². The maximum Gasteiger partial charge on any atom is 0.145 e. The zero-order chi connectivity index (χ0) is 20.0. The zero-order valence-corrected chi connectivity index (χ0v) is 17.9. The van der Waals surface area contributed by atoms with Gasteiger partial charge in [-0.1, -0.05) is 34.4 Å². The fraction of sp³-hybridized carbons (Fsp3) is 0.333. The molecular formula is C21H25Cl2N3O. The summed E-state index contributed by atoms with van der Waals surface area (Å²) in [6.07, 6.45) is 1.85. The number of halogens is 2. The van der Waals surface area contributed by atoms with Crippen molar-refractivity contribution < 1.29 is 4.84 Å². The smallest absolute Gasteiger partial charge is 0.145 e. The summed E-state index contributed by atoms with van der Waals surface area (Å²) in [6, 6.07) is 9.52. The summed E-state index contributed by atoms with van der Waals surface area (Å²) in [5, 5.41) is 5.39. The number of aliphatic imine (C=N–C) groups is 1. The van der Waals surface area contributed by atoms with Gasteiger partial charge in [0.2, 0.25) is 0 Å². The number of hydrogen-bond donors (Lipinski definition) is 0. The van der Waals surface area contributed by atoms with E-state index in [1.54, 1.807) is 18.2 Å². The number of nitrogens with zero attached hydrogens (tertiary/aromatic N) is 3. The van der Waals surface area contributed by atoms with E-state index >= 15 is 0 Å². The van der Waals surface area contributed by atoms with Crippen LogP contribution in [0.25, 0.3) is 0 Å². The second-order valence-corrected chi connectivity index (χ2v) is 7.24. The summed E-state index contributed by atoms with van der Waals surface area (Å²) in [7, 11) is 2.00. The Kier molecular flexibility index (Phi) is 7.69. The molecule has 4 nitrogen and oxygen atoms in total. The van der Waals surface area contributed by atoms with E-state index in [-0.39, 0.29) is 6.61 Å². The predicted molar refractivity (Wildman–Crippen MR) is 116 cm³/mol. The Hall–Kier alpha value is -2.04. The molecule has 0 aliphatic carbocycles. The highest BCUT2D eigenvalue weighted by Gasteiger charge is 2.09. The number of hydrogen-bond acceptors (Lipinski definition) is 3. The molecule has 27 heavy (non-hydrogen) atoms. The van der Waals surface area contributed by atoms with Gasteiger partial charge in [0.1, 0.15) is 6.61 Å². The average molecular weight is 406 g/mol. The molecule has 2 aromatic carbocycles. The molecule has 0 radical (unpaired) electrons. The van der Waals surface area contributed by atoms with Crippen LogP contribution in [-0.2, 0) is 11.4 Å². The second kappa shape index (κ2) is 9.77. The van der Waals surface area contributed by atoms with E-state index in [0.717, 1.165) is 40.2 Å². The van der Waals surface area contributed by atoms with Crippen LogP contribution < -0.4 is 0 Å². The van der Waals surface area contributed by atoms with Crippen LogP contribution >= 0.6 is 23.2 Å². The molecule has 144 valence electrons. The van der Waals surface area contributed by atoms with Crippen molar-refractivity contribution in [3.63, 3.8) is 0 Å². The van der Waals surface area contributed by atoms with Gasteiger partial charge in [0.15, 0.2) is 0 Å². The first-order valence-corrected chi connectivity index (χ1v) is 9.54. The van der Waals surface area contributed by atoms with Crippen molar-refractivity contribution in [3.05, 3.63) is 62.6 Å². The molecule has 0 saturated heterocycles.